The molecule has 1 aromatic heterocycles. The maximum Gasteiger partial charge on any atom is 0.327 e. The molecule has 1 atom stereocenters. The summed E-state index contributed by atoms with van der Waals surface area (Å²) in [6.45, 7) is 4.85. The highest BCUT2D eigenvalue weighted by Gasteiger charge is 2.24. The van der Waals surface area contributed by atoms with Gasteiger partial charge < -0.3 is 15.0 Å². The second-order valence-corrected chi connectivity index (χ2v) is 5.68. The third-order valence-corrected chi connectivity index (χ3v) is 4.24. The topological polar surface area (TPSA) is 60.5 Å². The fraction of sp³-hybridized carbons (Fsp3) is 0.438. The minimum Gasteiger partial charge on any atom is -0.468 e. The molecule has 0 fully saturated rings. The van der Waals surface area contributed by atoms with E-state index in [1.54, 1.807) is 0 Å². The van der Waals surface area contributed by atoms with E-state index < -0.39 is 12.0 Å². The van der Waals surface area contributed by atoms with Gasteiger partial charge >= 0.3 is 5.97 Å². The highest BCUT2D eigenvalue weighted by molar-refractivity contribution is 5.91. The Labute approximate surface area is 124 Å². The number of rotatable bonds is 3. The Bertz CT molecular complexity index is 705. The van der Waals surface area contributed by atoms with E-state index in [-0.39, 0.29) is 0 Å². The normalized spacial score (nSPS) is 16.2. The van der Waals surface area contributed by atoms with Crippen molar-refractivity contribution in [3.63, 3.8) is 0 Å². The molecule has 5 nitrogen and oxygen atoms in total. The number of hydrogen-bond donors (Lipinski definition) is 1. The first-order valence-corrected chi connectivity index (χ1v) is 7.21. The van der Waals surface area contributed by atoms with E-state index in [2.05, 4.69) is 35.6 Å². The number of benzene rings is 1. The number of methoxy groups -OCH3 is 1. The number of esters is 1. The van der Waals surface area contributed by atoms with E-state index in [4.69, 9.17) is 10.5 Å². The summed E-state index contributed by atoms with van der Waals surface area (Å²) in [6, 6.07) is 3.67. The number of nitrogens with zero attached hydrogens (tertiary/aromatic N) is 2. The fourth-order valence-electron chi connectivity index (χ4n) is 3.15. The summed E-state index contributed by atoms with van der Waals surface area (Å²) >= 11 is 0. The second-order valence-electron chi connectivity index (χ2n) is 5.68. The predicted molar refractivity (Wildman–Crippen MR) is 81.7 cm³/mol. The number of carbonyl (C=O) groups is 1. The molecule has 1 aliphatic rings. The van der Waals surface area contributed by atoms with Crippen molar-refractivity contribution in [3.8, 4) is 0 Å². The van der Waals surface area contributed by atoms with Crippen LogP contribution in [0.1, 0.15) is 29.7 Å². The van der Waals surface area contributed by atoms with E-state index >= 15 is 0 Å². The van der Waals surface area contributed by atoms with E-state index in [9.17, 15) is 4.79 Å². The zero-order valence-corrected chi connectivity index (χ0v) is 12.7. The van der Waals surface area contributed by atoms with Gasteiger partial charge in [-0.25, -0.2) is 0 Å². The molecule has 0 bridgehead atoms. The molecule has 0 amide bonds. The van der Waals surface area contributed by atoms with Gasteiger partial charge in [0.1, 0.15) is 6.04 Å². The van der Waals surface area contributed by atoms with Crippen LogP contribution in [0, 0.1) is 0 Å². The molecule has 1 aromatic carbocycles. The number of ether oxygens (including phenoxy) is 1. The number of hydrogen-bond acceptors (Lipinski definition) is 4. The number of fused-ring (bicyclic) bond motifs is 2. The van der Waals surface area contributed by atoms with Crippen molar-refractivity contribution in [1.29, 1.82) is 0 Å². The van der Waals surface area contributed by atoms with Gasteiger partial charge in [0.25, 0.3) is 0 Å². The van der Waals surface area contributed by atoms with Crippen LogP contribution in [0.2, 0.25) is 0 Å². The number of aryl methyl sites for hydroxylation is 1. The second kappa shape index (κ2) is 5.16. The van der Waals surface area contributed by atoms with Crippen molar-refractivity contribution in [2.45, 2.75) is 32.6 Å². The first-order valence-electron chi connectivity index (χ1n) is 7.21. The van der Waals surface area contributed by atoms with Crippen LogP contribution in [0.15, 0.2) is 18.3 Å². The maximum atomic E-state index is 11.8. The summed E-state index contributed by atoms with van der Waals surface area (Å²) in [4.78, 5) is 14.1. The lowest BCUT2D eigenvalue weighted by Crippen LogP contribution is -2.22. The van der Waals surface area contributed by atoms with Crippen LogP contribution in [-0.4, -0.2) is 29.6 Å². The number of aromatic nitrogens is 1. The molecule has 1 unspecified atom stereocenters. The Morgan fingerprint density at radius 3 is 2.67 bits per heavy atom. The van der Waals surface area contributed by atoms with E-state index in [0.717, 1.165) is 36.1 Å². The van der Waals surface area contributed by atoms with E-state index in [0.29, 0.717) is 0 Å². The zero-order chi connectivity index (χ0) is 15.1. The smallest absolute Gasteiger partial charge is 0.327 e. The summed E-state index contributed by atoms with van der Waals surface area (Å²) in [5.74, 6) is -0.400. The lowest BCUT2D eigenvalue weighted by atomic mass is 10.0. The molecule has 5 heteroatoms. The average molecular weight is 287 g/mol. The third-order valence-electron chi connectivity index (χ3n) is 4.24. The van der Waals surface area contributed by atoms with Crippen molar-refractivity contribution >= 4 is 16.9 Å². The minimum absolute atomic E-state index is 0.400. The van der Waals surface area contributed by atoms with Gasteiger partial charge in [-0.1, -0.05) is 0 Å². The standard InChI is InChI=1S/C16H21N3O2/c1-4-19-9-13(15(17)16(20)21-3)12-5-10-7-18(2)8-11(10)6-14(12)19/h5-6,9,15H,4,7-8,17H2,1-3H3. The van der Waals surface area contributed by atoms with E-state index in [1.165, 1.54) is 18.2 Å². The average Bonchev–Trinajstić information content (AvgIpc) is 3.01. The summed E-state index contributed by atoms with van der Waals surface area (Å²) in [6.07, 6.45) is 1.98. The molecule has 112 valence electrons. The summed E-state index contributed by atoms with van der Waals surface area (Å²) in [7, 11) is 3.48. The molecule has 0 saturated carbocycles. The maximum absolute atomic E-state index is 11.8. The SMILES string of the molecule is CCn1cc(C(N)C(=O)OC)c2cc3c(cc21)CN(C)C3. The van der Waals surface area contributed by atoms with Crippen LogP contribution in [0.3, 0.4) is 0 Å². The molecule has 3 rings (SSSR count). The van der Waals surface area contributed by atoms with Crippen LogP contribution < -0.4 is 5.73 Å². The molecule has 0 radical (unpaired) electrons. The van der Waals surface area contributed by atoms with Crippen molar-refractivity contribution in [2.75, 3.05) is 14.2 Å². The zero-order valence-electron chi connectivity index (χ0n) is 12.7. The number of carbonyl (C=O) groups excluding carboxylic acids is 1. The Morgan fingerprint density at radius 2 is 2.05 bits per heavy atom. The van der Waals surface area contributed by atoms with Gasteiger partial charge in [-0.3, -0.25) is 9.69 Å². The molecule has 0 saturated heterocycles. The Morgan fingerprint density at radius 1 is 1.38 bits per heavy atom. The molecular weight excluding hydrogens is 266 g/mol. The van der Waals surface area contributed by atoms with Gasteiger partial charge in [0.05, 0.1) is 7.11 Å². The molecule has 0 spiro atoms. The first kappa shape index (κ1) is 14.1. The van der Waals surface area contributed by atoms with Crippen molar-refractivity contribution < 1.29 is 9.53 Å². The molecule has 2 heterocycles. The first-order chi connectivity index (χ1) is 10.0. The Kier molecular flexibility index (Phi) is 3.47. The van der Waals surface area contributed by atoms with Gasteiger partial charge in [-0.15, -0.1) is 0 Å². The van der Waals surface area contributed by atoms with Gasteiger partial charge in [0.2, 0.25) is 0 Å². The van der Waals surface area contributed by atoms with Crippen LogP contribution >= 0.6 is 0 Å². The highest BCUT2D eigenvalue weighted by atomic mass is 16.5. The fourth-order valence-corrected chi connectivity index (χ4v) is 3.15. The third kappa shape index (κ3) is 2.22. The van der Waals surface area contributed by atoms with E-state index in [1.807, 2.05) is 6.20 Å². The summed E-state index contributed by atoms with van der Waals surface area (Å²) in [5.41, 5.74) is 10.7. The Hall–Kier alpha value is -1.85. The molecule has 21 heavy (non-hydrogen) atoms. The molecule has 2 N–H and O–H groups in total. The number of nitrogens with two attached hydrogens (primary N) is 1. The van der Waals surface area contributed by atoms with Crippen LogP contribution in [0.25, 0.3) is 10.9 Å². The molecule has 1 aliphatic heterocycles. The van der Waals surface area contributed by atoms with Crippen LogP contribution in [-0.2, 0) is 29.2 Å². The monoisotopic (exact) mass is 287 g/mol. The van der Waals surface area contributed by atoms with Crippen molar-refractivity contribution in [1.82, 2.24) is 9.47 Å². The highest BCUT2D eigenvalue weighted by Crippen LogP contribution is 2.32. The molecule has 2 aromatic rings. The van der Waals surface area contributed by atoms with Crippen LogP contribution in [0.5, 0.6) is 0 Å². The van der Waals surface area contributed by atoms with Crippen molar-refractivity contribution in [3.05, 3.63) is 35.0 Å². The lowest BCUT2D eigenvalue weighted by Gasteiger charge is -2.08. The van der Waals surface area contributed by atoms with Crippen LogP contribution in [0.4, 0.5) is 0 Å². The quantitative estimate of drug-likeness (QED) is 0.874. The minimum atomic E-state index is -0.734. The molecular formula is C16H21N3O2. The largest absolute Gasteiger partial charge is 0.468 e. The predicted octanol–water partition coefficient (Wildman–Crippen LogP) is 1.78. The van der Waals surface area contributed by atoms with Crippen molar-refractivity contribution in [2.24, 2.45) is 5.73 Å². The van der Waals surface area contributed by atoms with Gasteiger partial charge in [-0.05, 0) is 37.2 Å². The molecule has 0 aliphatic carbocycles. The van der Waals surface area contributed by atoms with Gasteiger partial charge in [0.15, 0.2) is 0 Å². The lowest BCUT2D eigenvalue weighted by molar-refractivity contribution is -0.142. The Balaban J connectivity index is 2.18. The summed E-state index contributed by atoms with van der Waals surface area (Å²) < 4.78 is 6.93. The van der Waals surface area contributed by atoms with Gasteiger partial charge in [0, 0.05) is 42.3 Å². The summed E-state index contributed by atoms with van der Waals surface area (Å²) in [5, 5.41) is 1.06. The van der Waals surface area contributed by atoms with Gasteiger partial charge in [-0.2, -0.15) is 0 Å².